The predicted molar refractivity (Wildman–Crippen MR) is 132 cm³/mol. The second-order valence-corrected chi connectivity index (χ2v) is 8.45. The first kappa shape index (κ1) is 25.0. The van der Waals surface area contributed by atoms with E-state index in [2.05, 4.69) is 35.4 Å². The number of amides is 1. The van der Waals surface area contributed by atoms with Crippen molar-refractivity contribution in [3.05, 3.63) is 71.9 Å². The van der Waals surface area contributed by atoms with Crippen LogP contribution in [0.15, 0.2) is 60.8 Å². The molecule has 0 aliphatic heterocycles. The third-order valence-electron chi connectivity index (χ3n) is 4.56. The summed E-state index contributed by atoms with van der Waals surface area (Å²) in [4.78, 5) is 23.4. The number of carbonyl (C=O) groups excluding carboxylic acids is 1. The standard InChI is InChI=1S/C24H31ClN4OS/c1-4-7-8-9-13-26-23(30)20-12-10-11-19(16-20)18-31-24-27-21(25)17-22(28-24)29(14-5-2)15-6-3/h5-6,10-12,16-17H,2-4,7-9,13-15,18H2,1H3,(H,26,30). The highest BCUT2D eigenvalue weighted by molar-refractivity contribution is 7.98. The fraction of sp³-hybridized carbons (Fsp3) is 0.375. The molecule has 0 saturated carbocycles. The maximum Gasteiger partial charge on any atom is 0.251 e. The van der Waals surface area contributed by atoms with Gasteiger partial charge in [0.15, 0.2) is 5.16 Å². The monoisotopic (exact) mass is 458 g/mol. The van der Waals surface area contributed by atoms with Crippen LogP contribution in [0.2, 0.25) is 5.15 Å². The highest BCUT2D eigenvalue weighted by Crippen LogP contribution is 2.25. The van der Waals surface area contributed by atoms with Crippen molar-refractivity contribution in [1.29, 1.82) is 0 Å². The van der Waals surface area contributed by atoms with Gasteiger partial charge in [-0.25, -0.2) is 9.97 Å². The predicted octanol–water partition coefficient (Wildman–Crippen LogP) is 5.91. The molecule has 0 aliphatic carbocycles. The molecule has 0 aliphatic rings. The molecule has 1 aromatic heterocycles. The summed E-state index contributed by atoms with van der Waals surface area (Å²) in [5.74, 6) is 1.34. The minimum Gasteiger partial charge on any atom is -0.352 e. The maximum absolute atomic E-state index is 12.4. The van der Waals surface area contributed by atoms with E-state index in [4.69, 9.17) is 11.6 Å². The Kier molecular flexibility index (Phi) is 11.2. The molecule has 2 rings (SSSR count). The van der Waals surface area contributed by atoms with Crippen LogP contribution in [0.4, 0.5) is 5.82 Å². The van der Waals surface area contributed by atoms with Crippen molar-refractivity contribution < 1.29 is 4.79 Å². The number of thioether (sulfide) groups is 1. The summed E-state index contributed by atoms with van der Waals surface area (Å²) in [6, 6.07) is 9.40. The van der Waals surface area contributed by atoms with Crippen molar-refractivity contribution in [2.75, 3.05) is 24.5 Å². The molecule has 1 N–H and O–H groups in total. The number of hydrogen-bond acceptors (Lipinski definition) is 5. The lowest BCUT2D eigenvalue weighted by Gasteiger charge is -2.20. The molecule has 1 aromatic carbocycles. The van der Waals surface area contributed by atoms with Crippen LogP contribution in [0.5, 0.6) is 0 Å². The second-order valence-electron chi connectivity index (χ2n) is 7.12. The first-order chi connectivity index (χ1) is 15.1. The number of aromatic nitrogens is 2. The van der Waals surface area contributed by atoms with Crippen LogP contribution >= 0.6 is 23.4 Å². The number of unbranched alkanes of at least 4 members (excludes halogenated alkanes) is 3. The Morgan fingerprint density at radius 2 is 1.94 bits per heavy atom. The van der Waals surface area contributed by atoms with Gasteiger partial charge in [-0.2, -0.15) is 0 Å². The third kappa shape index (κ3) is 8.75. The molecular formula is C24H31ClN4OS. The van der Waals surface area contributed by atoms with Crippen molar-refractivity contribution in [3.63, 3.8) is 0 Å². The lowest BCUT2D eigenvalue weighted by molar-refractivity contribution is 0.0953. The zero-order valence-corrected chi connectivity index (χ0v) is 19.7. The Bertz CT molecular complexity index is 864. The SMILES string of the molecule is C=CCN(CC=C)c1cc(Cl)nc(SCc2cccc(C(=O)NCCCCCC)c2)n1. The van der Waals surface area contributed by atoms with Gasteiger partial charge in [-0.15, -0.1) is 13.2 Å². The van der Waals surface area contributed by atoms with Gasteiger partial charge in [-0.05, 0) is 24.1 Å². The Morgan fingerprint density at radius 1 is 1.16 bits per heavy atom. The molecule has 0 spiro atoms. The Labute approximate surface area is 195 Å². The summed E-state index contributed by atoms with van der Waals surface area (Å²) in [5, 5.41) is 3.98. The van der Waals surface area contributed by atoms with Crippen LogP contribution in [0, 0.1) is 0 Å². The fourth-order valence-corrected chi connectivity index (χ4v) is 4.02. The first-order valence-corrected chi connectivity index (χ1v) is 11.9. The molecular weight excluding hydrogens is 428 g/mol. The number of rotatable bonds is 14. The van der Waals surface area contributed by atoms with Crippen LogP contribution in [0.3, 0.4) is 0 Å². The quantitative estimate of drug-likeness (QED) is 0.125. The first-order valence-electron chi connectivity index (χ1n) is 10.6. The van der Waals surface area contributed by atoms with Crippen molar-refractivity contribution in [2.24, 2.45) is 0 Å². The van der Waals surface area contributed by atoms with E-state index in [0.29, 0.717) is 41.3 Å². The molecule has 0 fully saturated rings. The number of nitrogens with one attached hydrogen (secondary N) is 1. The molecule has 0 radical (unpaired) electrons. The third-order valence-corrected chi connectivity index (χ3v) is 5.67. The van der Waals surface area contributed by atoms with Gasteiger partial charge in [0, 0.05) is 37.0 Å². The average molecular weight is 459 g/mol. The van der Waals surface area contributed by atoms with Crippen molar-refractivity contribution in [3.8, 4) is 0 Å². The van der Waals surface area contributed by atoms with Crippen LogP contribution < -0.4 is 10.2 Å². The molecule has 5 nitrogen and oxygen atoms in total. The van der Waals surface area contributed by atoms with Crippen molar-refractivity contribution in [1.82, 2.24) is 15.3 Å². The molecule has 0 bridgehead atoms. The molecule has 0 saturated heterocycles. The Morgan fingerprint density at radius 3 is 2.65 bits per heavy atom. The van der Waals surface area contributed by atoms with E-state index in [1.807, 2.05) is 41.3 Å². The smallest absolute Gasteiger partial charge is 0.251 e. The number of hydrogen-bond donors (Lipinski definition) is 1. The van der Waals surface area contributed by atoms with E-state index in [1.165, 1.54) is 24.6 Å². The van der Waals surface area contributed by atoms with Gasteiger partial charge in [0.2, 0.25) is 0 Å². The molecule has 0 atom stereocenters. The molecule has 31 heavy (non-hydrogen) atoms. The lowest BCUT2D eigenvalue weighted by Crippen LogP contribution is -2.24. The van der Waals surface area contributed by atoms with E-state index in [-0.39, 0.29) is 5.91 Å². The Hall–Kier alpha value is -2.31. The average Bonchev–Trinajstić information content (AvgIpc) is 2.77. The molecule has 1 heterocycles. The van der Waals surface area contributed by atoms with Crippen LogP contribution in [-0.4, -0.2) is 35.5 Å². The van der Waals surface area contributed by atoms with E-state index >= 15 is 0 Å². The number of nitrogens with zero attached hydrogens (tertiary/aromatic N) is 3. The lowest BCUT2D eigenvalue weighted by atomic mass is 10.1. The maximum atomic E-state index is 12.4. The van der Waals surface area contributed by atoms with Gasteiger partial charge in [-0.3, -0.25) is 4.79 Å². The second kappa shape index (κ2) is 13.9. The van der Waals surface area contributed by atoms with Gasteiger partial charge in [0.05, 0.1) is 0 Å². The molecule has 0 unspecified atom stereocenters. The van der Waals surface area contributed by atoms with E-state index in [1.54, 1.807) is 6.07 Å². The van der Waals surface area contributed by atoms with Crippen molar-refractivity contribution in [2.45, 2.75) is 43.5 Å². The highest BCUT2D eigenvalue weighted by atomic mass is 35.5. The fourth-order valence-electron chi connectivity index (χ4n) is 2.99. The van der Waals surface area contributed by atoms with E-state index in [9.17, 15) is 4.79 Å². The number of anilines is 1. The van der Waals surface area contributed by atoms with Gasteiger partial charge in [0.1, 0.15) is 11.0 Å². The highest BCUT2D eigenvalue weighted by Gasteiger charge is 2.11. The van der Waals surface area contributed by atoms with Crippen LogP contribution in [0.1, 0.15) is 48.5 Å². The minimum atomic E-state index is -0.0332. The normalized spacial score (nSPS) is 10.5. The van der Waals surface area contributed by atoms with Gasteiger partial charge in [0.25, 0.3) is 5.91 Å². The summed E-state index contributed by atoms with van der Waals surface area (Å²) >= 11 is 7.71. The molecule has 2 aromatic rings. The topological polar surface area (TPSA) is 58.1 Å². The number of halogens is 1. The molecule has 1 amide bonds. The van der Waals surface area contributed by atoms with Gasteiger partial charge >= 0.3 is 0 Å². The molecule has 166 valence electrons. The summed E-state index contributed by atoms with van der Waals surface area (Å²) < 4.78 is 0. The van der Waals surface area contributed by atoms with Gasteiger partial charge < -0.3 is 10.2 Å². The van der Waals surface area contributed by atoms with E-state index in [0.717, 1.165) is 24.2 Å². The van der Waals surface area contributed by atoms with Crippen LogP contribution in [-0.2, 0) is 5.75 Å². The van der Waals surface area contributed by atoms with Crippen molar-refractivity contribution >= 4 is 35.1 Å². The Balaban J connectivity index is 2.00. The summed E-state index contributed by atoms with van der Waals surface area (Å²) in [6.07, 6.45) is 8.17. The molecule has 7 heteroatoms. The van der Waals surface area contributed by atoms with Crippen LogP contribution in [0.25, 0.3) is 0 Å². The summed E-state index contributed by atoms with van der Waals surface area (Å²) in [7, 11) is 0. The number of benzene rings is 1. The zero-order chi connectivity index (χ0) is 22.5. The minimum absolute atomic E-state index is 0.0332. The zero-order valence-electron chi connectivity index (χ0n) is 18.1. The van der Waals surface area contributed by atoms with E-state index < -0.39 is 0 Å². The summed E-state index contributed by atoms with van der Waals surface area (Å²) in [6.45, 7) is 11.7. The van der Waals surface area contributed by atoms with Gasteiger partial charge in [-0.1, -0.05) is 73.8 Å². The number of carbonyl (C=O) groups is 1. The largest absolute Gasteiger partial charge is 0.352 e. The summed E-state index contributed by atoms with van der Waals surface area (Å²) in [5.41, 5.74) is 1.70.